The third kappa shape index (κ3) is 5.09. The summed E-state index contributed by atoms with van der Waals surface area (Å²) >= 11 is 5.91. The number of anilines is 2. The van der Waals surface area contributed by atoms with Crippen LogP contribution in [0.1, 0.15) is 30.9 Å². The lowest BCUT2D eigenvalue weighted by atomic mass is 9.98. The van der Waals surface area contributed by atoms with Gasteiger partial charge in [-0.1, -0.05) is 43.6 Å². The van der Waals surface area contributed by atoms with Gasteiger partial charge in [0.2, 0.25) is 5.91 Å². The van der Waals surface area contributed by atoms with Crippen molar-refractivity contribution in [2.75, 3.05) is 42.9 Å². The van der Waals surface area contributed by atoms with Gasteiger partial charge < -0.3 is 10.2 Å². The lowest BCUT2D eigenvalue weighted by Crippen LogP contribution is -2.48. The molecule has 2 aromatic rings. The number of rotatable bonds is 6. The summed E-state index contributed by atoms with van der Waals surface area (Å²) in [5.74, 6) is 0.274. The van der Waals surface area contributed by atoms with Crippen LogP contribution in [-0.2, 0) is 4.79 Å². The molecule has 1 aliphatic heterocycles. The minimum absolute atomic E-state index is 0.00876. The fourth-order valence-electron chi connectivity index (χ4n) is 3.78. The number of aryl methyl sites for hydroxylation is 1. The minimum Gasteiger partial charge on any atom is -0.363 e. The van der Waals surface area contributed by atoms with Gasteiger partial charge >= 0.3 is 0 Å². The first-order chi connectivity index (χ1) is 14.3. The number of nitro benzene ring substituents is 1. The zero-order chi connectivity index (χ0) is 21.8. The number of para-hydroxylation sites is 1. The molecule has 30 heavy (non-hydrogen) atoms. The Hall–Kier alpha value is -2.64. The fraction of sp³-hybridized carbons (Fsp3) is 0.409. The summed E-state index contributed by atoms with van der Waals surface area (Å²) < 4.78 is 0. The molecule has 7 nitrogen and oxygen atoms in total. The topological polar surface area (TPSA) is 78.7 Å². The smallest absolute Gasteiger partial charge is 0.294 e. The van der Waals surface area contributed by atoms with Crippen molar-refractivity contribution in [2.45, 2.75) is 26.7 Å². The molecule has 0 bridgehead atoms. The molecular formula is C22H27ClN4O3. The van der Waals surface area contributed by atoms with E-state index in [0.29, 0.717) is 49.4 Å². The Labute approximate surface area is 181 Å². The van der Waals surface area contributed by atoms with E-state index in [4.69, 9.17) is 11.6 Å². The second kappa shape index (κ2) is 9.45. The number of piperazine rings is 1. The van der Waals surface area contributed by atoms with E-state index >= 15 is 0 Å². The van der Waals surface area contributed by atoms with Gasteiger partial charge in [0.15, 0.2) is 0 Å². The predicted molar refractivity (Wildman–Crippen MR) is 121 cm³/mol. The molecule has 0 unspecified atom stereocenters. The Bertz CT molecular complexity index is 940. The maximum atomic E-state index is 12.7. The summed E-state index contributed by atoms with van der Waals surface area (Å²) in [4.78, 5) is 27.7. The average Bonchev–Trinajstić information content (AvgIpc) is 2.70. The summed E-state index contributed by atoms with van der Waals surface area (Å²) in [6.07, 6.45) is 0. The average molecular weight is 431 g/mol. The molecule has 0 spiro atoms. The normalized spacial score (nSPS) is 14.8. The van der Waals surface area contributed by atoms with Crippen LogP contribution in [0.3, 0.4) is 0 Å². The van der Waals surface area contributed by atoms with Crippen LogP contribution in [0.25, 0.3) is 0 Å². The number of hydrogen-bond donors (Lipinski definition) is 1. The number of benzene rings is 2. The zero-order valence-corrected chi connectivity index (χ0v) is 18.3. The number of carbonyl (C=O) groups excluding carboxylic acids is 1. The van der Waals surface area contributed by atoms with Crippen LogP contribution in [0, 0.1) is 17.0 Å². The van der Waals surface area contributed by atoms with Crippen molar-refractivity contribution in [3.63, 3.8) is 0 Å². The number of carbonyl (C=O) groups is 1. The van der Waals surface area contributed by atoms with E-state index in [1.54, 1.807) is 12.1 Å². The van der Waals surface area contributed by atoms with E-state index < -0.39 is 4.92 Å². The molecule has 0 saturated carbocycles. The van der Waals surface area contributed by atoms with Crippen molar-refractivity contribution >= 4 is 34.6 Å². The molecule has 1 amide bonds. The van der Waals surface area contributed by atoms with Crippen molar-refractivity contribution in [3.8, 4) is 0 Å². The van der Waals surface area contributed by atoms with Crippen molar-refractivity contribution in [2.24, 2.45) is 0 Å². The van der Waals surface area contributed by atoms with E-state index in [1.807, 2.05) is 30.0 Å². The number of hydrogen-bond acceptors (Lipinski definition) is 5. The van der Waals surface area contributed by atoms with Gasteiger partial charge in [-0.25, -0.2) is 0 Å². The first-order valence-electron chi connectivity index (χ1n) is 10.1. The second-order valence-electron chi connectivity index (χ2n) is 7.90. The molecule has 1 heterocycles. The maximum absolute atomic E-state index is 12.7. The summed E-state index contributed by atoms with van der Waals surface area (Å²) in [7, 11) is 0. The van der Waals surface area contributed by atoms with Crippen LogP contribution < -0.4 is 10.2 Å². The van der Waals surface area contributed by atoms with Gasteiger partial charge in [-0.3, -0.25) is 19.8 Å². The molecule has 160 valence electrons. The van der Waals surface area contributed by atoms with Gasteiger partial charge in [-0.15, -0.1) is 0 Å². The molecule has 0 aromatic heterocycles. The Kier molecular flexibility index (Phi) is 6.95. The van der Waals surface area contributed by atoms with Crippen LogP contribution >= 0.6 is 11.6 Å². The molecule has 0 radical (unpaired) electrons. The molecule has 1 fully saturated rings. The van der Waals surface area contributed by atoms with Crippen LogP contribution in [0.5, 0.6) is 0 Å². The SMILES string of the molecule is Cc1cccc(C(C)C)c1NC(=O)CN1CCN(c2ccc(Cl)cc2[N+](=O)[O-])CC1. The van der Waals surface area contributed by atoms with Crippen LogP contribution in [-0.4, -0.2) is 48.5 Å². The third-order valence-electron chi connectivity index (χ3n) is 5.41. The van der Waals surface area contributed by atoms with Crippen LogP contribution in [0.2, 0.25) is 5.02 Å². The Morgan fingerprint density at radius 1 is 1.20 bits per heavy atom. The molecule has 1 saturated heterocycles. The van der Waals surface area contributed by atoms with Crippen LogP contribution in [0.15, 0.2) is 36.4 Å². The lowest BCUT2D eigenvalue weighted by molar-refractivity contribution is -0.384. The van der Waals surface area contributed by atoms with Gasteiger partial charge in [0.25, 0.3) is 5.69 Å². The van der Waals surface area contributed by atoms with Crippen LogP contribution in [0.4, 0.5) is 17.1 Å². The number of halogens is 1. The molecule has 2 aromatic carbocycles. The van der Waals surface area contributed by atoms with Crippen molar-refractivity contribution in [1.29, 1.82) is 0 Å². The van der Waals surface area contributed by atoms with E-state index in [-0.39, 0.29) is 11.6 Å². The number of amides is 1. The molecule has 1 aliphatic rings. The first-order valence-corrected chi connectivity index (χ1v) is 10.4. The predicted octanol–water partition coefficient (Wildman–Crippen LogP) is 4.44. The highest BCUT2D eigenvalue weighted by molar-refractivity contribution is 6.30. The summed E-state index contributed by atoms with van der Waals surface area (Å²) in [6, 6.07) is 10.8. The van der Waals surface area contributed by atoms with Gasteiger partial charge in [0.05, 0.1) is 11.5 Å². The second-order valence-corrected chi connectivity index (χ2v) is 8.33. The summed E-state index contributed by atoms with van der Waals surface area (Å²) in [5.41, 5.74) is 3.65. The van der Waals surface area contributed by atoms with Gasteiger partial charge in [-0.05, 0) is 36.1 Å². The van der Waals surface area contributed by atoms with Gasteiger partial charge in [0.1, 0.15) is 5.69 Å². The van der Waals surface area contributed by atoms with E-state index in [9.17, 15) is 14.9 Å². The summed E-state index contributed by atoms with van der Waals surface area (Å²) in [5, 5.41) is 14.8. The molecule has 0 aliphatic carbocycles. The van der Waals surface area contributed by atoms with E-state index in [2.05, 4.69) is 24.1 Å². The Morgan fingerprint density at radius 2 is 1.90 bits per heavy atom. The lowest BCUT2D eigenvalue weighted by Gasteiger charge is -2.35. The maximum Gasteiger partial charge on any atom is 0.294 e. The zero-order valence-electron chi connectivity index (χ0n) is 17.5. The van der Waals surface area contributed by atoms with Crippen molar-refractivity contribution in [3.05, 3.63) is 62.7 Å². The molecule has 8 heteroatoms. The standard InChI is InChI=1S/C22H27ClN4O3/c1-15(2)18-6-4-5-16(3)22(18)24-21(28)14-25-9-11-26(12-10-25)19-8-7-17(23)13-20(19)27(29)30/h4-8,13,15H,9-12,14H2,1-3H3,(H,24,28). The van der Waals surface area contributed by atoms with Crippen molar-refractivity contribution < 1.29 is 9.72 Å². The number of nitrogens with zero attached hydrogens (tertiary/aromatic N) is 3. The molecule has 0 atom stereocenters. The molecule has 3 rings (SSSR count). The third-order valence-corrected chi connectivity index (χ3v) is 5.64. The van der Waals surface area contributed by atoms with E-state index in [1.165, 1.54) is 6.07 Å². The largest absolute Gasteiger partial charge is 0.363 e. The van der Waals surface area contributed by atoms with Crippen molar-refractivity contribution in [1.82, 2.24) is 4.90 Å². The minimum atomic E-state index is -0.407. The van der Waals surface area contributed by atoms with Gasteiger partial charge in [0, 0.05) is 43.0 Å². The highest BCUT2D eigenvalue weighted by Gasteiger charge is 2.25. The molecule has 1 N–H and O–H groups in total. The quantitative estimate of drug-likeness (QED) is 0.541. The highest BCUT2D eigenvalue weighted by Crippen LogP contribution is 2.32. The Balaban J connectivity index is 1.61. The Morgan fingerprint density at radius 3 is 2.53 bits per heavy atom. The molecular weight excluding hydrogens is 404 g/mol. The highest BCUT2D eigenvalue weighted by atomic mass is 35.5. The first kappa shape index (κ1) is 22.1. The summed E-state index contributed by atoms with van der Waals surface area (Å²) in [6.45, 7) is 9.03. The van der Waals surface area contributed by atoms with Gasteiger partial charge in [-0.2, -0.15) is 0 Å². The number of nitro groups is 1. The monoisotopic (exact) mass is 430 g/mol. The van der Waals surface area contributed by atoms with E-state index in [0.717, 1.165) is 16.8 Å². The fourth-order valence-corrected chi connectivity index (χ4v) is 3.95. The number of nitrogens with one attached hydrogen (secondary N) is 1.